The van der Waals surface area contributed by atoms with Crippen LogP contribution < -0.4 is 5.32 Å². The van der Waals surface area contributed by atoms with E-state index in [0.29, 0.717) is 6.54 Å². The van der Waals surface area contributed by atoms with Gasteiger partial charge >= 0.3 is 0 Å². The van der Waals surface area contributed by atoms with Crippen LogP contribution in [-0.4, -0.2) is 22.8 Å². The number of carbonyl (C=O) groups is 1. The number of nitrogens with one attached hydrogen (secondary N) is 1. The minimum atomic E-state index is -0.542. The number of halogens is 1. The molecule has 2 atom stereocenters. The van der Waals surface area contributed by atoms with E-state index in [-0.39, 0.29) is 22.5 Å². The van der Waals surface area contributed by atoms with E-state index in [4.69, 9.17) is 11.6 Å². The van der Waals surface area contributed by atoms with Crippen LogP contribution in [0.15, 0.2) is 24.3 Å². The molecule has 2 unspecified atom stereocenters. The van der Waals surface area contributed by atoms with E-state index in [1.807, 2.05) is 0 Å². The summed E-state index contributed by atoms with van der Waals surface area (Å²) >= 11 is 6.23. The second-order valence-electron chi connectivity index (χ2n) is 5.04. The first kappa shape index (κ1) is 14.8. The predicted octanol–water partition coefficient (Wildman–Crippen LogP) is 3.12. The molecule has 5 nitrogen and oxygen atoms in total. The molecule has 2 rings (SSSR count). The summed E-state index contributed by atoms with van der Waals surface area (Å²) in [6, 6.07) is 5.96. The van der Waals surface area contributed by atoms with E-state index in [1.54, 1.807) is 12.1 Å². The number of rotatable bonds is 4. The number of amides is 1. The monoisotopic (exact) mass is 296 g/mol. The minimum Gasteiger partial charge on any atom is -0.351 e. The van der Waals surface area contributed by atoms with Crippen LogP contribution in [0.4, 0.5) is 5.69 Å². The third-order valence-corrected chi connectivity index (χ3v) is 4.26. The molecule has 1 aliphatic rings. The Morgan fingerprint density at radius 3 is 2.75 bits per heavy atom. The molecule has 6 heteroatoms. The molecular weight excluding hydrogens is 280 g/mol. The van der Waals surface area contributed by atoms with Crippen LogP contribution in [0.5, 0.6) is 0 Å². The largest absolute Gasteiger partial charge is 0.351 e. The Morgan fingerprint density at radius 1 is 1.35 bits per heavy atom. The standard InChI is InChI=1S/C14H17ClN2O3/c15-12-7-3-1-5-10(12)9-16-14(18)11-6-2-4-8-13(11)17(19)20/h2,4,6,8,10,12H,1,3,5,7,9H2,(H,16,18). The van der Waals surface area contributed by atoms with Crippen LogP contribution in [0.2, 0.25) is 0 Å². The van der Waals surface area contributed by atoms with Gasteiger partial charge in [0.25, 0.3) is 11.6 Å². The zero-order chi connectivity index (χ0) is 14.5. The second kappa shape index (κ2) is 6.70. The van der Waals surface area contributed by atoms with E-state index in [9.17, 15) is 14.9 Å². The average Bonchev–Trinajstić information content (AvgIpc) is 2.46. The van der Waals surface area contributed by atoms with E-state index in [0.717, 1.165) is 25.7 Å². The highest BCUT2D eigenvalue weighted by Crippen LogP contribution is 2.28. The number of nitro benzene ring substituents is 1. The van der Waals surface area contributed by atoms with Gasteiger partial charge in [0.2, 0.25) is 0 Å². The summed E-state index contributed by atoms with van der Waals surface area (Å²) in [4.78, 5) is 22.4. The van der Waals surface area contributed by atoms with Gasteiger partial charge in [0.15, 0.2) is 0 Å². The van der Waals surface area contributed by atoms with Gasteiger partial charge in [-0.25, -0.2) is 0 Å². The van der Waals surface area contributed by atoms with Gasteiger partial charge in [0.1, 0.15) is 5.56 Å². The minimum absolute atomic E-state index is 0.0785. The Kier molecular flexibility index (Phi) is 4.95. The molecule has 0 bridgehead atoms. The number of carbonyl (C=O) groups excluding carboxylic acids is 1. The molecule has 0 heterocycles. The highest BCUT2D eigenvalue weighted by molar-refractivity contribution is 6.20. The molecule has 0 radical (unpaired) electrons. The Balaban J connectivity index is 2.00. The van der Waals surface area contributed by atoms with Crippen molar-refractivity contribution in [2.24, 2.45) is 5.92 Å². The van der Waals surface area contributed by atoms with Crippen molar-refractivity contribution in [3.63, 3.8) is 0 Å². The van der Waals surface area contributed by atoms with Crippen LogP contribution in [0, 0.1) is 16.0 Å². The Bertz CT molecular complexity index is 507. The number of alkyl halides is 1. The number of nitrogens with zero attached hydrogens (tertiary/aromatic N) is 1. The van der Waals surface area contributed by atoms with Crippen molar-refractivity contribution in [1.82, 2.24) is 5.32 Å². The predicted molar refractivity (Wildman–Crippen MR) is 77.0 cm³/mol. The average molecular weight is 297 g/mol. The molecular formula is C14H17ClN2O3. The van der Waals surface area contributed by atoms with Gasteiger partial charge in [-0.05, 0) is 24.8 Å². The van der Waals surface area contributed by atoms with Crippen LogP contribution in [0.1, 0.15) is 36.0 Å². The van der Waals surface area contributed by atoms with Gasteiger partial charge < -0.3 is 5.32 Å². The molecule has 1 saturated carbocycles. The van der Waals surface area contributed by atoms with E-state index in [1.165, 1.54) is 12.1 Å². The first-order valence-electron chi connectivity index (χ1n) is 6.75. The Labute approximate surface area is 122 Å². The van der Waals surface area contributed by atoms with Crippen LogP contribution in [0.25, 0.3) is 0 Å². The zero-order valence-electron chi connectivity index (χ0n) is 11.0. The van der Waals surface area contributed by atoms with Gasteiger partial charge in [-0.15, -0.1) is 11.6 Å². The van der Waals surface area contributed by atoms with Crippen LogP contribution in [-0.2, 0) is 0 Å². The van der Waals surface area contributed by atoms with Gasteiger partial charge in [-0.2, -0.15) is 0 Å². The third-order valence-electron chi connectivity index (χ3n) is 3.69. The number of hydrogen-bond acceptors (Lipinski definition) is 3. The summed E-state index contributed by atoms with van der Waals surface area (Å²) in [7, 11) is 0. The number of benzene rings is 1. The van der Waals surface area contributed by atoms with Crippen molar-refractivity contribution in [3.05, 3.63) is 39.9 Å². The molecule has 0 saturated heterocycles. The lowest BCUT2D eigenvalue weighted by atomic mass is 9.88. The van der Waals surface area contributed by atoms with Crippen LogP contribution >= 0.6 is 11.6 Å². The molecule has 1 N–H and O–H groups in total. The molecule has 1 amide bonds. The van der Waals surface area contributed by atoms with Gasteiger partial charge in [-0.3, -0.25) is 14.9 Å². The molecule has 0 spiro atoms. The second-order valence-corrected chi connectivity index (χ2v) is 5.61. The van der Waals surface area contributed by atoms with E-state index >= 15 is 0 Å². The summed E-state index contributed by atoms with van der Waals surface area (Å²) in [6.07, 6.45) is 4.21. The van der Waals surface area contributed by atoms with Gasteiger partial charge in [0.05, 0.1) is 4.92 Å². The lowest BCUT2D eigenvalue weighted by Gasteiger charge is -2.27. The Hall–Kier alpha value is -1.62. The quantitative estimate of drug-likeness (QED) is 0.527. The molecule has 20 heavy (non-hydrogen) atoms. The number of nitro groups is 1. The summed E-state index contributed by atoms with van der Waals surface area (Å²) in [5.41, 5.74) is -0.0736. The normalized spacial score (nSPS) is 22.2. The van der Waals surface area contributed by atoms with E-state index in [2.05, 4.69) is 5.32 Å². The highest BCUT2D eigenvalue weighted by atomic mass is 35.5. The Morgan fingerprint density at radius 2 is 2.05 bits per heavy atom. The fraction of sp³-hybridized carbons (Fsp3) is 0.500. The van der Waals surface area contributed by atoms with Crippen molar-refractivity contribution >= 4 is 23.2 Å². The maximum Gasteiger partial charge on any atom is 0.282 e. The fourth-order valence-electron chi connectivity index (χ4n) is 2.54. The maximum atomic E-state index is 12.1. The maximum absolute atomic E-state index is 12.1. The lowest BCUT2D eigenvalue weighted by Crippen LogP contribution is -2.34. The molecule has 1 aliphatic carbocycles. The van der Waals surface area contributed by atoms with Gasteiger partial charge in [-0.1, -0.05) is 25.0 Å². The molecule has 1 aromatic rings. The van der Waals surface area contributed by atoms with Crippen molar-refractivity contribution in [3.8, 4) is 0 Å². The highest BCUT2D eigenvalue weighted by Gasteiger charge is 2.25. The summed E-state index contributed by atoms with van der Waals surface area (Å²) < 4.78 is 0. The summed E-state index contributed by atoms with van der Waals surface area (Å²) in [5.74, 6) is -0.163. The van der Waals surface area contributed by atoms with Crippen molar-refractivity contribution in [2.75, 3.05) is 6.54 Å². The number of hydrogen-bond donors (Lipinski definition) is 1. The number of para-hydroxylation sites is 1. The summed E-state index contributed by atoms with van der Waals surface area (Å²) in [5, 5.41) is 13.7. The lowest BCUT2D eigenvalue weighted by molar-refractivity contribution is -0.385. The first-order valence-corrected chi connectivity index (χ1v) is 7.19. The smallest absolute Gasteiger partial charge is 0.282 e. The zero-order valence-corrected chi connectivity index (χ0v) is 11.8. The van der Waals surface area contributed by atoms with Crippen molar-refractivity contribution in [2.45, 2.75) is 31.1 Å². The SMILES string of the molecule is O=C(NCC1CCCCC1Cl)c1ccccc1[N+](=O)[O-]. The van der Waals surface area contributed by atoms with Gasteiger partial charge in [0, 0.05) is 18.0 Å². The first-order chi connectivity index (χ1) is 9.59. The topological polar surface area (TPSA) is 72.2 Å². The molecule has 0 aliphatic heterocycles. The third kappa shape index (κ3) is 3.48. The molecule has 1 fully saturated rings. The van der Waals surface area contributed by atoms with Crippen molar-refractivity contribution < 1.29 is 9.72 Å². The van der Waals surface area contributed by atoms with Crippen molar-refractivity contribution in [1.29, 1.82) is 0 Å². The van der Waals surface area contributed by atoms with E-state index < -0.39 is 10.8 Å². The molecule has 1 aromatic carbocycles. The fourth-order valence-corrected chi connectivity index (χ4v) is 2.91. The molecule has 108 valence electrons. The van der Waals surface area contributed by atoms with Crippen LogP contribution in [0.3, 0.4) is 0 Å². The molecule has 0 aromatic heterocycles. The summed E-state index contributed by atoms with van der Waals surface area (Å²) in [6.45, 7) is 0.471.